The lowest BCUT2D eigenvalue weighted by Crippen LogP contribution is -2.58. The molecule has 8 N–H and O–H groups in total. The molecular formula is C16H28N2O15P2. The first-order valence-electron chi connectivity index (χ1n) is 10.1. The highest BCUT2D eigenvalue weighted by atomic mass is 31.3. The first kappa shape index (κ1) is 29.9. The van der Waals surface area contributed by atoms with Gasteiger partial charge in [0, 0.05) is 12.3 Å². The number of phosphoric acid groups is 1. The number of aromatic nitrogens is 2. The number of aromatic amines is 1. The van der Waals surface area contributed by atoms with Gasteiger partial charge in [0.05, 0.1) is 19.3 Å². The number of phosphoric ester groups is 1. The number of H-pyrrole nitrogens is 1. The van der Waals surface area contributed by atoms with E-state index in [0.717, 1.165) is 16.8 Å². The van der Waals surface area contributed by atoms with Crippen molar-refractivity contribution < 1.29 is 62.8 Å². The van der Waals surface area contributed by atoms with Crippen LogP contribution in [0.25, 0.3) is 0 Å². The van der Waals surface area contributed by atoms with Gasteiger partial charge in [0.15, 0.2) is 5.85 Å². The molecule has 0 bridgehead atoms. The van der Waals surface area contributed by atoms with Crippen LogP contribution in [0.15, 0.2) is 21.9 Å². The van der Waals surface area contributed by atoms with Crippen molar-refractivity contribution in [3.8, 4) is 0 Å². The predicted octanol–water partition coefficient (Wildman–Crippen LogP) is -3.06. The van der Waals surface area contributed by atoms with Crippen LogP contribution in [0.2, 0.25) is 0 Å². The first-order valence-corrected chi connectivity index (χ1v) is 13.2. The van der Waals surface area contributed by atoms with Crippen LogP contribution in [0.5, 0.6) is 0 Å². The molecule has 0 aromatic carbocycles. The van der Waals surface area contributed by atoms with Crippen molar-refractivity contribution in [3.05, 3.63) is 33.1 Å². The minimum atomic E-state index is -5.41. The van der Waals surface area contributed by atoms with E-state index < -0.39 is 88.6 Å². The average Bonchev–Trinajstić information content (AvgIpc) is 2.73. The standard InChI is InChI=1S/C16H28N2O15P2/c1-7(20)10(31-8(2)18-4-3-11(21)17-16(18)25)6-30-35(28,29)33-34(26,27)15-14(24)13(23)12(22)9(5-19)32-15/h3-4,7-10,12-15,19-20,22-24H,5-6H2,1-2H3,(H,26,27)(H,28,29)(H,17,21,25). The van der Waals surface area contributed by atoms with E-state index in [4.69, 9.17) is 14.6 Å². The number of hydrogen-bond acceptors (Lipinski definition) is 13. The second-order valence-electron chi connectivity index (χ2n) is 7.66. The van der Waals surface area contributed by atoms with Gasteiger partial charge in [-0.3, -0.25) is 23.4 Å². The SMILES string of the molecule is CC(O)C(COP(=O)(O)OP(=O)(O)C1OC(CO)C(O)C(O)C1O)OC(C)n1ccc(=O)[nH]c1=O. The maximum atomic E-state index is 12.5. The molecule has 1 aliphatic rings. The van der Waals surface area contributed by atoms with E-state index in [-0.39, 0.29) is 0 Å². The molecule has 0 saturated carbocycles. The topological polar surface area (TPSA) is 268 Å². The van der Waals surface area contributed by atoms with Crippen molar-refractivity contribution in [2.45, 2.75) is 62.5 Å². The Balaban J connectivity index is 2.08. The van der Waals surface area contributed by atoms with E-state index in [1.807, 2.05) is 4.98 Å². The van der Waals surface area contributed by atoms with Crippen LogP contribution >= 0.6 is 15.4 Å². The Kier molecular flexibility index (Phi) is 10.1. The second-order valence-corrected chi connectivity index (χ2v) is 11.1. The Labute approximate surface area is 197 Å². The lowest BCUT2D eigenvalue weighted by atomic mass is 10.0. The fourth-order valence-electron chi connectivity index (χ4n) is 3.06. The average molecular weight is 550 g/mol. The number of rotatable bonds is 11. The molecule has 202 valence electrons. The lowest BCUT2D eigenvalue weighted by Gasteiger charge is -2.40. The van der Waals surface area contributed by atoms with Gasteiger partial charge in [0.25, 0.3) is 5.56 Å². The van der Waals surface area contributed by atoms with Gasteiger partial charge >= 0.3 is 21.1 Å². The maximum Gasteiger partial charge on any atom is 0.479 e. The summed E-state index contributed by atoms with van der Waals surface area (Å²) in [4.78, 5) is 45.0. The minimum absolute atomic E-state index is 0.667. The Bertz CT molecular complexity index is 1060. The Morgan fingerprint density at radius 2 is 1.77 bits per heavy atom. The molecule has 1 aromatic rings. The summed E-state index contributed by atoms with van der Waals surface area (Å²) in [5.74, 6) is -2.34. The summed E-state index contributed by atoms with van der Waals surface area (Å²) in [7, 11) is -10.8. The molecule has 35 heavy (non-hydrogen) atoms. The zero-order valence-electron chi connectivity index (χ0n) is 18.4. The molecule has 10 unspecified atom stereocenters. The number of nitrogens with one attached hydrogen (secondary N) is 1. The highest BCUT2D eigenvalue weighted by molar-refractivity contribution is 7.64. The molecule has 1 fully saturated rings. The van der Waals surface area contributed by atoms with Crippen molar-refractivity contribution in [1.29, 1.82) is 0 Å². The quantitative estimate of drug-likeness (QED) is 0.127. The summed E-state index contributed by atoms with van der Waals surface area (Å²) in [5.41, 5.74) is -1.51. The Hall–Kier alpha value is -1.30. The van der Waals surface area contributed by atoms with E-state index in [1.54, 1.807) is 0 Å². The van der Waals surface area contributed by atoms with E-state index in [2.05, 4.69) is 8.83 Å². The molecule has 2 heterocycles. The Morgan fingerprint density at radius 1 is 1.14 bits per heavy atom. The zero-order chi connectivity index (χ0) is 26.7. The van der Waals surface area contributed by atoms with Crippen LogP contribution < -0.4 is 11.2 Å². The van der Waals surface area contributed by atoms with Crippen molar-refractivity contribution >= 4 is 15.4 Å². The van der Waals surface area contributed by atoms with Gasteiger partial charge in [-0.2, -0.15) is 0 Å². The molecule has 0 aliphatic carbocycles. The third kappa shape index (κ3) is 7.60. The molecule has 0 radical (unpaired) electrons. The molecule has 19 heteroatoms. The van der Waals surface area contributed by atoms with Gasteiger partial charge in [-0.05, 0) is 13.8 Å². The minimum Gasteiger partial charge on any atom is -0.394 e. The van der Waals surface area contributed by atoms with Gasteiger partial charge in [-0.15, -0.1) is 0 Å². The zero-order valence-corrected chi connectivity index (χ0v) is 20.2. The van der Waals surface area contributed by atoms with E-state index in [1.165, 1.54) is 13.8 Å². The van der Waals surface area contributed by atoms with E-state index in [9.17, 15) is 48.9 Å². The third-order valence-electron chi connectivity index (χ3n) is 4.96. The van der Waals surface area contributed by atoms with Crippen LogP contribution in [-0.2, 0) is 27.4 Å². The summed E-state index contributed by atoms with van der Waals surface area (Å²) in [6, 6.07) is 1.03. The third-order valence-corrected chi connectivity index (χ3v) is 8.27. The summed E-state index contributed by atoms with van der Waals surface area (Å²) in [6.45, 7) is 0.733. The molecule has 1 aromatic heterocycles. The van der Waals surface area contributed by atoms with Gasteiger partial charge in [-0.1, -0.05) is 0 Å². The monoisotopic (exact) mass is 550 g/mol. The van der Waals surface area contributed by atoms with E-state index >= 15 is 0 Å². The number of aliphatic hydroxyl groups is 5. The highest BCUT2D eigenvalue weighted by Gasteiger charge is 2.54. The van der Waals surface area contributed by atoms with Crippen LogP contribution in [0.4, 0.5) is 0 Å². The van der Waals surface area contributed by atoms with Gasteiger partial charge in [-0.25, -0.2) is 13.7 Å². The smallest absolute Gasteiger partial charge is 0.394 e. The van der Waals surface area contributed by atoms with Gasteiger partial charge in [0.2, 0.25) is 0 Å². The lowest BCUT2D eigenvalue weighted by molar-refractivity contribution is -0.211. The summed E-state index contributed by atoms with van der Waals surface area (Å²) in [5, 5.41) is 48.5. The van der Waals surface area contributed by atoms with Crippen molar-refractivity contribution in [3.63, 3.8) is 0 Å². The normalized spacial score (nSPS) is 31.2. The van der Waals surface area contributed by atoms with Crippen LogP contribution in [0, 0.1) is 0 Å². The number of nitrogens with zero attached hydrogens (tertiary/aromatic N) is 1. The molecule has 0 amide bonds. The fraction of sp³-hybridized carbons (Fsp3) is 0.750. The molecule has 2 rings (SSSR count). The van der Waals surface area contributed by atoms with Crippen LogP contribution in [0.1, 0.15) is 20.1 Å². The first-order chi connectivity index (χ1) is 16.1. The molecule has 0 spiro atoms. The van der Waals surface area contributed by atoms with Crippen LogP contribution in [-0.4, -0.2) is 101 Å². The van der Waals surface area contributed by atoms with Gasteiger partial charge < -0.3 is 44.8 Å². The largest absolute Gasteiger partial charge is 0.479 e. The summed E-state index contributed by atoms with van der Waals surface area (Å²) in [6.07, 6.45) is -10.5. The molecule has 10 atom stereocenters. The number of ether oxygens (including phenoxy) is 2. The highest BCUT2D eigenvalue weighted by Crippen LogP contribution is 2.64. The fourth-order valence-corrected chi connectivity index (χ4v) is 6.01. The summed E-state index contributed by atoms with van der Waals surface area (Å²) < 4.78 is 45.0. The molecule has 1 aliphatic heterocycles. The van der Waals surface area contributed by atoms with Crippen molar-refractivity contribution in [2.24, 2.45) is 0 Å². The van der Waals surface area contributed by atoms with Gasteiger partial charge in [0.1, 0.15) is 36.7 Å². The molecule has 17 nitrogen and oxygen atoms in total. The maximum absolute atomic E-state index is 12.5. The Morgan fingerprint density at radius 3 is 2.31 bits per heavy atom. The van der Waals surface area contributed by atoms with Crippen LogP contribution in [0.3, 0.4) is 0 Å². The second kappa shape index (κ2) is 11.8. The molecule has 1 saturated heterocycles. The number of aliphatic hydroxyl groups excluding tert-OH is 5. The van der Waals surface area contributed by atoms with Crippen molar-refractivity contribution in [1.82, 2.24) is 9.55 Å². The summed E-state index contributed by atoms with van der Waals surface area (Å²) >= 11 is 0. The van der Waals surface area contributed by atoms with E-state index in [0.29, 0.717) is 0 Å². The number of hydrogen-bond donors (Lipinski definition) is 8. The molecular weight excluding hydrogens is 522 g/mol. The predicted molar refractivity (Wildman–Crippen MR) is 113 cm³/mol. The van der Waals surface area contributed by atoms with Crippen molar-refractivity contribution in [2.75, 3.05) is 13.2 Å².